The molecule has 16 heteroatoms. The largest absolute Gasteiger partial charge is 0.377 e. The second-order valence-electron chi connectivity index (χ2n) is 18.4. The Hall–Kier alpha value is -5.42. The molecule has 4 unspecified atom stereocenters. The lowest BCUT2D eigenvalue weighted by Crippen LogP contribution is -2.46. The molecule has 6 aliphatic heterocycles. The summed E-state index contributed by atoms with van der Waals surface area (Å²) < 4.78 is 11.4. The molecule has 6 aliphatic rings. The fourth-order valence-electron chi connectivity index (χ4n) is 11.2. The lowest BCUT2D eigenvalue weighted by atomic mass is 9.96. The quantitative estimate of drug-likeness (QED) is 0.127. The first kappa shape index (κ1) is 45.7. The smallest absolute Gasteiger partial charge is 0.319 e. The van der Waals surface area contributed by atoms with Crippen molar-refractivity contribution in [2.45, 2.75) is 116 Å². The van der Waals surface area contributed by atoms with Crippen LogP contribution in [0.15, 0.2) is 48.5 Å². The molecule has 4 saturated heterocycles. The summed E-state index contributed by atoms with van der Waals surface area (Å²) in [4.78, 5) is 54.3. The molecule has 4 N–H and O–H groups in total. The molecule has 4 fully saturated rings. The highest BCUT2D eigenvalue weighted by molar-refractivity contribution is 5.90. The third kappa shape index (κ3) is 9.29. The molecule has 0 aliphatic carbocycles. The van der Waals surface area contributed by atoms with E-state index in [9.17, 15) is 9.59 Å². The molecular formula is C50H68N12O4. The summed E-state index contributed by atoms with van der Waals surface area (Å²) in [6.07, 6.45) is 6.78. The average molecular weight is 901 g/mol. The first-order valence-electron chi connectivity index (χ1n) is 24.5. The SMILES string of the molecule is CCNC(=O)Nc1ccc(-c2nc3c(c(N4CCOC[C@@H]4C)n2)C2CCC(C3)N2CC)cc1.CCNC(=O)Nc1ccc(-c2nc3c(c(N4CCOC[C@@H]4C)n2)C2CCC(C3)N2CC)cc1. The van der Waals surface area contributed by atoms with E-state index in [1.807, 2.05) is 62.4 Å². The third-order valence-electron chi connectivity index (χ3n) is 14.3. The van der Waals surface area contributed by atoms with E-state index in [-0.39, 0.29) is 24.1 Å². The van der Waals surface area contributed by atoms with Crippen molar-refractivity contribution < 1.29 is 19.1 Å². The van der Waals surface area contributed by atoms with Gasteiger partial charge < -0.3 is 40.5 Å². The molecular weight excluding hydrogens is 833 g/mol. The predicted octanol–water partition coefficient (Wildman–Crippen LogP) is 7.18. The number of urea groups is 2. The Kier molecular flexibility index (Phi) is 14.0. The Morgan fingerprint density at radius 1 is 0.591 bits per heavy atom. The molecule has 4 amide bonds. The number of amides is 4. The molecule has 10 rings (SSSR count). The van der Waals surface area contributed by atoms with Crippen LogP contribution in [-0.4, -0.2) is 132 Å². The van der Waals surface area contributed by atoms with E-state index in [1.54, 1.807) is 0 Å². The third-order valence-corrected chi connectivity index (χ3v) is 14.3. The van der Waals surface area contributed by atoms with Crippen LogP contribution < -0.4 is 31.1 Å². The standard InChI is InChI=1S/2C25H34N6O2/c2*1-4-26-25(32)27-18-8-6-17(7-9-18)23-28-20-14-19-10-11-21(30(19)5-2)22(20)24(29-23)31-12-13-33-15-16(31)3/h2*6-9,16,19,21H,4-5,10-15H2,1-3H3,(H2,26,27,32)/t2*16-,19?,21?/m00/s1. The number of benzene rings is 2. The van der Waals surface area contributed by atoms with Crippen LogP contribution in [0.2, 0.25) is 0 Å². The number of ether oxygens (including phenoxy) is 2. The van der Waals surface area contributed by atoms with Crippen LogP contribution in [0.4, 0.5) is 32.6 Å². The maximum atomic E-state index is 11.8. The molecule has 16 nitrogen and oxygen atoms in total. The van der Waals surface area contributed by atoms with E-state index in [4.69, 9.17) is 29.4 Å². The van der Waals surface area contributed by atoms with Gasteiger partial charge in [-0.2, -0.15) is 0 Å². The topological polar surface area (TPSA) is 165 Å². The minimum absolute atomic E-state index is 0.199. The van der Waals surface area contributed by atoms with Crippen molar-refractivity contribution >= 4 is 35.1 Å². The van der Waals surface area contributed by atoms with E-state index >= 15 is 0 Å². The molecule has 8 heterocycles. The van der Waals surface area contributed by atoms with Crippen molar-refractivity contribution in [2.24, 2.45) is 0 Å². The summed E-state index contributed by atoms with van der Waals surface area (Å²) in [6, 6.07) is 17.7. The van der Waals surface area contributed by atoms with Crippen LogP contribution in [0, 0.1) is 0 Å². The summed E-state index contributed by atoms with van der Waals surface area (Å²) in [7, 11) is 0. The molecule has 4 aromatic rings. The fourth-order valence-corrected chi connectivity index (χ4v) is 11.2. The van der Waals surface area contributed by atoms with E-state index in [1.165, 1.54) is 48.2 Å². The molecule has 0 radical (unpaired) electrons. The van der Waals surface area contributed by atoms with Crippen LogP contribution in [0.1, 0.15) is 102 Å². The summed E-state index contributed by atoms with van der Waals surface area (Å²) in [5.41, 5.74) is 8.50. The number of anilines is 4. The number of nitrogens with one attached hydrogen (secondary N) is 4. The van der Waals surface area contributed by atoms with Crippen LogP contribution in [-0.2, 0) is 22.3 Å². The molecule has 66 heavy (non-hydrogen) atoms. The van der Waals surface area contributed by atoms with Gasteiger partial charge in [0.2, 0.25) is 0 Å². The van der Waals surface area contributed by atoms with Crippen LogP contribution in [0.5, 0.6) is 0 Å². The number of hydrogen-bond donors (Lipinski definition) is 4. The van der Waals surface area contributed by atoms with E-state index in [0.717, 1.165) is 111 Å². The molecule has 352 valence electrons. The Labute approximate surface area is 389 Å². The van der Waals surface area contributed by atoms with Gasteiger partial charge in [-0.1, -0.05) is 13.8 Å². The first-order valence-corrected chi connectivity index (χ1v) is 24.5. The molecule has 6 atom stereocenters. The molecule has 2 aromatic heterocycles. The number of carbonyl (C=O) groups excluding carboxylic acids is 2. The van der Waals surface area contributed by atoms with Gasteiger partial charge in [-0.25, -0.2) is 29.5 Å². The zero-order valence-corrected chi connectivity index (χ0v) is 39.6. The number of carbonyl (C=O) groups is 2. The Balaban J connectivity index is 0.000000166. The van der Waals surface area contributed by atoms with Crippen LogP contribution >= 0.6 is 0 Å². The summed E-state index contributed by atoms with van der Waals surface area (Å²) >= 11 is 0. The Bertz CT molecular complexity index is 2180. The van der Waals surface area contributed by atoms with E-state index in [0.29, 0.717) is 37.3 Å². The predicted molar refractivity (Wildman–Crippen MR) is 259 cm³/mol. The number of aromatic nitrogens is 4. The van der Waals surface area contributed by atoms with Crippen molar-refractivity contribution in [1.82, 2.24) is 40.4 Å². The van der Waals surface area contributed by atoms with Gasteiger partial charge >= 0.3 is 12.1 Å². The number of morpholine rings is 2. The average Bonchev–Trinajstić information content (AvgIpc) is 3.79. The fraction of sp³-hybridized carbons (Fsp3) is 0.560. The molecule has 2 aromatic carbocycles. The monoisotopic (exact) mass is 901 g/mol. The minimum Gasteiger partial charge on any atom is -0.377 e. The lowest BCUT2D eigenvalue weighted by Gasteiger charge is -2.40. The van der Waals surface area contributed by atoms with Crippen molar-refractivity contribution in [1.29, 1.82) is 0 Å². The summed E-state index contributed by atoms with van der Waals surface area (Å²) in [5.74, 6) is 3.69. The van der Waals surface area contributed by atoms with Gasteiger partial charge in [-0.3, -0.25) is 9.80 Å². The summed E-state index contributed by atoms with van der Waals surface area (Å²) in [6.45, 7) is 20.7. The number of fused-ring (bicyclic) bond motifs is 8. The lowest BCUT2D eigenvalue weighted by molar-refractivity contribution is 0.0979. The van der Waals surface area contributed by atoms with Gasteiger partial charge in [0.05, 0.1) is 49.9 Å². The van der Waals surface area contributed by atoms with Crippen molar-refractivity contribution in [3.8, 4) is 22.8 Å². The highest BCUT2D eigenvalue weighted by Crippen LogP contribution is 2.48. The number of nitrogens with zero attached hydrogens (tertiary/aromatic N) is 8. The minimum atomic E-state index is -0.199. The van der Waals surface area contributed by atoms with Crippen LogP contribution in [0.25, 0.3) is 22.8 Å². The van der Waals surface area contributed by atoms with Crippen molar-refractivity contribution in [3.05, 3.63) is 71.0 Å². The Morgan fingerprint density at radius 2 is 1.00 bits per heavy atom. The number of likely N-dealkylation sites (N-methyl/N-ethyl adjacent to an activating group) is 2. The zero-order valence-electron chi connectivity index (χ0n) is 39.6. The van der Waals surface area contributed by atoms with Crippen LogP contribution in [0.3, 0.4) is 0 Å². The second-order valence-corrected chi connectivity index (χ2v) is 18.4. The van der Waals surface area contributed by atoms with Gasteiger partial charge in [-0.15, -0.1) is 0 Å². The van der Waals surface area contributed by atoms with E-state index in [2.05, 4.69) is 68.6 Å². The normalized spacial score (nSPS) is 24.5. The molecule has 0 saturated carbocycles. The first-order chi connectivity index (χ1) is 32.2. The zero-order chi connectivity index (χ0) is 45.9. The van der Waals surface area contributed by atoms with Gasteiger partial charge in [-0.05, 0) is 115 Å². The number of hydrogen-bond acceptors (Lipinski definition) is 12. The van der Waals surface area contributed by atoms with Crippen molar-refractivity contribution in [3.63, 3.8) is 0 Å². The Morgan fingerprint density at radius 3 is 1.36 bits per heavy atom. The van der Waals surface area contributed by atoms with Crippen molar-refractivity contribution in [2.75, 3.05) is 86.1 Å². The molecule has 0 spiro atoms. The second kappa shape index (κ2) is 20.2. The van der Waals surface area contributed by atoms with Gasteiger partial charge in [0.1, 0.15) is 11.6 Å². The molecule has 4 bridgehead atoms. The summed E-state index contributed by atoms with van der Waals surface area (Å²) in [5, 5.41) is 11.2. The van der Waals surface area contributed by atoms with Gasteiger partial charge in [0.15, 0.2) is 11.6 Å². The van der Waals surface area contributed by atoms with E-state index < -0.39 is 0 Å². The maximum Gasteiger partial charge on any atom is 0.319 e. The highest BCUT2D eigenvalue weighted by atomic mass is 16.5. The van der Waals surface area contributed by atoms with Gasteiger partial charge in [0.25, 0.3) is 0 Å². The highest BCUT2D eigenvalue weighted by Gasteiger charge is 2.44. The van der Waals surface area contributed by atoms with Gasteiger partial charge in [0, 0.05) is 96.8 Å². The maximum absolute atomic E-state index is 11.8. The number of rotatable bonds is 10.